The van der Waals surface area contributed by atoms with Gasteiger partial charge in [0.05, 0.1) is 0 Å². The Hall–Kier alpha value is -1.62. The van der Waals surface area contributed by atoms with Crippen molar-refractivity contribution in [2.45, 2.75) is 57.9 Å². The number of pyridine rings is 1. The van der Waals surface area contributed by atoms with E-state index in [-0.39, 0.29) is 11.8 Å². The molecule has 5 nitrogen and oxygen atoms in total. The second-order valence-electron chi connectivity index (χ2n) is 7.71. The van der Waals surface area contributed by atoms with Crippen LogP contribution < -0.4 is 10.2 Å². The van der Waals surface area contributed by atoms with Crippen LogP contribution in [0.15, 0.2) is 24.5 Å². The largest absolute Gasteiger partial charge is 0.371 e. The monoisotopic (exact) mass is 358 g/mol. The van der Waals surface area contributed by atoms with E-state index < -0.39 is 0 Å². The smallest absolute Gasteiger partial charge is 0.223 e. The fourth-order valence-corrected chi connectivity index (χ4v) is 4.41. The molecule has 26 heavy (non-hydrogen) atoms. The minimum Gasteiger partial charge on any atom is -0.371 e. The summed E-state index contributed by atoms with van der Waals surface area (Å²) in [5.41, 5.74) is 1.21. The van der Waals surface area contributed by atoms with Crippen molar-refractivity contribution < 1.29 is 4.79 Å². The third-order valence-corrected chi connectivity index (χ3v) is 6.04. The summed E-state index contributed by atoms with van der Waals surface area (Å²) in [6, 6.07) is 4.85. The fraction of sp³-hybridized carbons (Fsp3) is 0.714. The minimum absolute atomic E-state index is 0.173. The Balaban J connectivity index is 1.33. The highest BCUT2D eigenvalue weighted by molar-refractivity contribution is 5.78. The molecule has 1 unspecified atom stereocenters. The van der Waals surface area contributed by atoms with Gasteiger partial charge in [0.1, 0.15) is 0 Å². The zero-order chi connectivity index (χ0) is 18.2. The van der Waals surface area contributed by atoms with Crippen LogP contribution in [0.2, 0.25) is 0 Å². The summed E-state index contributed by atoms with van der Waals surface area (Å²) >= 11 is 0. The number of nitrogens with one attached hydrogen (secondary N) is 1. The molecule has 0 aliphatic carbocycles. The number of hydrogen-bond donors (Lipinski definition) is 1. The molecule has 2 saturated heterocycles. The van der Waals surface area contributed by atoms with Gasteiger partial charge in [-0.2, -0.15) is 0 Å². The lowest BCUT2D eigenvalue weighted by molar-refractivity contribution is -0.125. The summed E-state index contributed by atoms with van der Waals surface area (Å²) < 4.78 is 0. The number of piperidine rings is 2. The quantitative estimate of drug-likeness (QED) is 0.761. The van der Waals surface area contributed by atoms with Gasteiger partial charge in [-0.15, -0.1) is 0 Å². The Labute approximate surface area is 158 Å². The van der Waals surface area contributed by atoms with E-state index >= 15 is 0 Å². The maximum Gasteiger partial charge on any atom is 0.223 e. The number of carbonyl (C=O) groups is 1. The highest BCUT2D eigenvalue weighted by Gasteiger charge is 2.25. The number of likely N-dealkylation sites (tertiary alicyclic amines) is 1. The zero-order valence-electron chi connectivity index (χ0n) is 16.2. The van der Waals surface area contributed by atoms with Gasteiger partial charge >= 0.3 is 0 Å². The van der Waals surface area contributed by atoms with Gasteiger partial charge in [0.25, 0.3) is 0 Å². The Morgan fingerprint density at radius 3 is 2.65 bits per heavy atom. The number of carbonyl (C=O) groups excluding carboxylic acids is 1. The molecule has 2 fully saturated rings. The lowest BCUT2D eigenvalue weighted by Gasteiger charge is -2.35. The lowest BCUT2D eigenvalue weighted by Crippen LogP contribution is -2.42. The molecule has 3 heterocycles. The van der Waals surface area contributed by atoms with Crippen molar-refractivity contribution >= 4 is 11.6 Å². The Kier molecular flexibility index (Phi) is 7.30. The van der Waals surface area contributed by atoms with Crippen molar-refractivity contribution in [1.29, 1.82) is 0 Å². The van der Waals surface area contributed by atoms with Crippen LogP contribution in [-0.2, 0) is 4.79 Å². The summed E-state index contributed by atoms with van der Waals surface area (Å²) in [6.07, 6.45) is 11.9. The highest BCUT2D eigenvalue weighted by atomic mass is 16.1. The van der Waals surface area contributed by atoms with Gasteiger partial charge in [-0.3, -0.25) is 9.78 Å². The third kappa shape index (κ3) is 5.19. The zero-order valence-corrected chi connectivity index (χ0v) is 16.2. The second kappa shape index (κ2) is 9.91. The number of hydrogen-bond acceptors (Lipinski definition) is 4. The molecule has 0 bridgehead atoms. The SMILES string of the molecule is CCC1CCCCN1CCCNC(=O)C1CCN(c2ccncc2)CC1. The van der Waals surface area contributed by atoms with Gasteiger partial charge in [0, 0.05) is 56.2 Å². The van der Waals surface area contributed by atoms with Crippen molar-refractivity contribution in [3.63, 3.8) is 0 Å². The molecule has 0 aromatic carbocycles. The van der Waals surface area contributed by atoms with Crippen LogP contribution in [0.5, 0.6) is 0 Å². The summed E-state index contributed by atoms with van der Waals surface area (Å²) in [5.74, 6) is 0.427. The van der Waals surface area contributed by atoms with Crippen LogP contribution in [0.4, 0.5) is 5.69 Å². The molecular formula is C21H34N4O. The van der Waals surface area contributed by atoms with Gasteiger partial charge in [0.15, 0.2) is 0 Å². The minimum atomic E-state index is 0.173. The summed E-state index contributed by atoms with van der Waals surface area (Å²) in [5, 5.41) is 3.19. The van der Waals surface area contributed by atoms with E-state index in [0.29, 0.717) is 0 Å². The average Bonchev–Trinajstić information content (AvgIpc) is 2.72. The molecule has 144 valence electrons. The van der Waals surface area contributed by atoms with E-state index in [2.05, 4.69) is 27.0 Å². The Morgan fingerprint density at radius 2 is 1.92 bits per heavy atom. The van der Waals surface area contributed by atoms with E-state index in [1.54, 1.807) is 0 Å². The number of anilines is 1. The molecule has 0 spiro atoms. The van der Waals surface area contributed by atoms with E-state index in [1.807, 2.05) is 24.5 Å². The Morgan fingerprint density at radius 1 is 1.15 bits per heavy atom. The first-order chi connectivity index (χ1) is 12.8. The number of aromatic nitrogens is 1. The maximum atomic E-state index is 12.5. The van der Waals surface area contributed by atoms with Crippen LogP contribution in [0.3, 0.4) is 0 Å². The highest BCUT2D eigenvalue weighted by Crippen LogP contribution is 2.23. The molecule has 0 saturated carbocycles. The topological polar surface area (TPSA) is 48.5 Å². The first-order valence-electron chi connectivity index (χ1n) is 10.4. The molecule has 1 aromatic heterocycles. The predicted octanol–water partition coefficient (Wildman–Crippen LogP) is 3.07. The first kappa shape index (κ1) is 19.2. The average molecular weight is 359 g/mol. The molecule has 0 radical (unpaired) electrons. The summed E-state index contributed by atoms with van der Waals surface area (Å²) in [6.45, 7) is 7.38. The molecule has 1 amide bonds. The molecule has 2 aliphatic heterocycles. The molecule has 1 aromatic rings. The molecular weight excluding hydrogens is 324 g/mol. The van der Waals surface area contributed by atoms with Gasteiger partial charge in [-0.25, -0.2) is 0 Å². The van der Waals surface area contributed by atoms with E-state index in [9.17, 15) is 4.79 Å². The van der Waals surface area contributed by atoms with Crippen LogP contribution in [0.1, 0.15) is 51.9 Å². The van der Waals surface area contributed by atoms with Gasteiger partial charge < -0.3 is 15.1 Å². The van der Waals surface area contributed by atoms with Crippen LogP contribution in [-0.4, -0.2) is 54.6 Å². The van der Waals surface area contributed by atoms with Crippen LogP contribution >= 0.6 is 0 Å². The lowest BCUT2D eigenvalue weighted by atomic mass is 9.95. The van der Waals surface area contributed by atoms with Crippen LogP contribution in [0.25, 0.3) is 0 Å². The normalized spacial score (nSPS) is 22.3. The fourth-order valence-electron chi connectivity index (χ4n) is 4.41. The van der Waals surface area contributed by atoms with Crippen molar-refractivity contribution in [1.82, 2.24) is 15.2 Å². The maximum absolute atomic E-state index is 12.5. The molecule has 1 N–H and O–H groups in total. The van der Waals surface area contributed by atoms with E-state index in [4.69, 9.17) is 0 Å². The second-order valence-corrected chi connectivity index (χ2v) is 7.71. The van der Waals surface area contributed by atoms with Gasteiger partial charge in [0.2, 0.25) is 5.91 Å². The Bertz CT molecular complexity index is 542. The molecule has 5 heteroatoms. The molecule has 3 rings (SSSR count). The van der Waals surface area contributed by atoms with Crippen LogP contribution in [0, 0.1) is 5.92 Å². The van der Waals surface area contributed by atoms with E-state index in [0.717, 1.165) is 51.5 Å². The third-order valence-electron chi connectivity index (χ3n) is 6.04. The van der Waals surface area contributed by atoms with Crippen molar-refractivity contribution in [3.8, 4) is 0 Å². The number of rotatable bonds is 7. The number of nitrogens with zero attached hydrogens (tertiary/aromatic N) is 3. The van der Waals surface area contributed by atoms with E-state index in [1.165, 1.54) is 37.9 Å². The van der Waals surface area contributed by atoms with Gasteiger partial charge in [-0.1, -0.05) is 13.3 Å². The van der Waals surface area contributed by atoms with Crippen molar-refractivity contribution in [2.24, 2.45) is 5.92 Å². The first-order valence-corrected chi connectivity index (χ1v) is 10.4. The van der Waals surface area contributed by atoms with Crippen molar-refractivity contribution in [3.05, 3.63) is 24.5 Å². The van der Waals surface area contributed by atoms with Gasteiger partial charge in [-0.05, 0) is 57.2 Å². The predicted molar refractivity (Wildman–Crippen MR) is 106 cm³/mol. The number of amides is 1. The van der Waals surface area contributed by atoms with Crippen molar-refractivity contribution in [2.75, 3.05) is 37.6 Å². The summed E-state index contributed by atoms with van der Waals surface area (Å²) in [7, 11) is 0. The standard InChI is InChI=1S/C21H34N4O/c1-2-19-6-3-4-14-24(19)15-5-11-23-21(26)18-9-16-25(17-10-18)20-7-12-22-13-8-20/h7-8,12-13,18-19H,2-6,9-11,14-17H2,1H3,(H,23,26). The summed E-state index contributed by atoms with van der Waals surface area (Å²) in [4.78, 5) is 21.5. The molecule has 1 atom stereocenters. The molecule has 2 aliphatic rings.